The average Bonchev–Trinajstić information content (AvgIpc) is 3.07. The van der Waals surface area contributed by atoms with Gasteiger partial charge in [0.25, 0.3) is 0 Å². The first-order chi connectivity index (χ1) is 11.2. The van der Waals surface area contributed by atoms with Gasteiger partial charge in [0, 0.05) is 6.54 Å². The van der Waals surface area contributed by atoms with Gasteiger partial charge in [0.2, 0.25) is 0 Å². The Morgan fingerprint density at radius 3 is 2.70 bits per heavy atom. The maximum absolute atomic E-state index is 6.12. The highest BCUT2D eigenvalue weighted by Crippen LogP contribution is 2.32. The molecular formula is C17H20BrN3O2. The van der Waals surface area contributed by atoms with Gasteiger partial charge in [-0.1, -0.05) is 6.07 Å². The Balaban J connectivity index is 1.67. The molecule has 0 unspecified atom stereocenters. The van der Waals surface area contributed by atoms with Gasteiger partial charge >= 0.3 is 0 Å². The zero-order chi connectivity index (χ0) is 16.1. The number of nitrogens with one attached hydrogen (secondary N) is 1. The smallest absolute Gasteiger partial charge is 0.161 e. The summed E-state index contributed by atoms with van der Waals surface area (Å²) in [6.45, 7) is 0.654. The molecule has 1 N–H and O–H groups in total. The lowest BCUT2D eigenvalue weighted by Crippen LogP contribution is -2.12. The van der Waals surface area contributed by atoms with E-state index in [9.17, 15) is 0 Å². The number of benzene rings is 1. The van der Waals surface area contributed by atoms with Crippen LogP contribution in [0.15, 0.2) is 35.2 Å². The quantitative estimate of drug-likeness (QED) is 0.817. The molecule has 0 aliphatic heterocycles. The van der Waals surface area contributed by atoms with E-state index in [1.54, 1.807) is 19.5 Å². The number of aromatic nitrogens is 2. The molecule has 1 saturated carbocycles. The standard InChI is InChI=1S/C17H20BrN3O2/c1-22-14-7-6-12(8-15(14)23-13-4-2-3-5-13)9-20-17-11-19-16(18)10-21-17/h6-8,10-11,13H,2-5,9H2,1H3,(H,20,21). The maximum atomic E-state index is 6.12. The third-order valence-corrected chi connectivity index (χ3v) is 4.33. The van der Waals surface area contributed by atoms with E-state index in [4.69, 9.17) is 9.47 Å². The van der Waals surface area contributed by atoms with Gasteiger partial charge in [-0.15, -0.1) is 0 Å². The summed E-state index contributed by atoms with van der Waals surface area (Å²) in [4.78, 5) is 8.41. The normalized spacial score (nSPS) is 14.7. The van der Waals surface area contributed by atoms with Crippen molar-refractivity contribution in [2.45, 2.75) is 38.3 Å². The molecule has 6 heteroatoms. The van der Waals surface area contributed by atoms with Gasteiger partial charge in [0.15, 0.2) is 11.5 Å². The van der Waals surface area contributed by atoms with Crippen molar-refractivity contribution in [3.05, 3.63) is 40.8 Å². The lowest BCUT2D eigenvalue weighted by atomic mass is 10.2. The van der Waals surface area contributed by atoms with E-state index in [0.717, 1.165) is 40.3 Å². The third-order valence-electron chi connectivity index (χ3n) is 3.92. The molecule has 0 radical (unpaired) electrons. The van der Waals surface area contributed by atoms with Crippen LogP contribution in [0.3, 0.4) is 0 Å². The SMILES string of the molecule is COc1ccc(CNc2cnc(Br)cn2)cc1OC1CCCC1. The van der Waals surface area contributed by atoms with Gasteiger partial charge in [-0.05, 0) is 59.3 Å². The van der Waals surface area contributed by atoms with Crippen molar-refractivity contribution in [1.82, 2.24) is 9.97 Å². The number of ether oxygens (including phenoxy) is 2. The third kappa shape index (κ3) is 4.34. The van der Waals surface area contributed by atoms with Crippen LogP contribution in [0.2, 0.25) is 0 Å². The number of halogens is 1. The van der Waals surface area contributed by atoms with Crippen LogP contribution in [0, 0.1) is 0 Å². The highest BCUT2D eigenvalue weighted by Gasteiger charge is 2.18. The summed E-state index contributed by atoms with van der Waals surface area (Å²) >= 11 is 3.28. The molecule has 5 nitrogen and oxygen atoms in total. The Bertz CT molecular complexity index is 643. The van der Waals surface area contributed by atoms with Crippen LogP contribution in [-0.2, 0) is 6.54 Å². The molecule has 1 aliphatic carbocycles. The second-order valence-electron chi connectivity index (χ2n) is 5.59. The topological polar surface area (TPSA) is 56.3 Å². The van der Waals surface area contributed by atoms with Gasteiger partial charge in [-0.2, -0.15) is 0 Å². The lowest BCUT2D eigenvalue weighted by Gasteiger charge is -2.17. The second kappa shape index (κ2) is 7.64. The number of hydrogen-bond donors (Lipinski definition) is 1. The average molecular weight is 378 g/mol. The molecule has 1 aromatic heterocycles. The van der Waals surface area contributed by atoms with Gasteiger partial charge in [-0.25, -0.2) is 9.97 Å². The molecule has 1 aliphatic rings. The Hall–Kier alpha value is -1.82. The minimum Gasteiger partial charge on any atom is -0.493 e. The Morgan fingerprint density at radius 1 is 1.17 bits per heavy atom. The summed E-state index contributed by atoms with van der Waals surface area (Å²) in [5.41, 5.74) is 1.11. The summed E-state index contributed by atoms with van der Waals surface area (Å²) in [6.07, 6.45) is 8.42. The van der Waals surface area contributed by atoms with E-state index < -0.39 is 0 Å². The molecule has 1 fully saturated rings. The number of methoxy groups -OCH3 is 1. The summed E-state index contributed by atoms with van der Waals surface area (Å²) in [5.74, 6) is 2.34. The van der Waals surface area contributed by atoms with Crippen molar-refractivity contribution in [2.75, 3.05) is 12.4 Å². The predicted octanol–water partition coefficient (Wildman–Crippen LogP) is 4.18. The minimum absolute atomic E-state index is 0.310. The number of anilines is 1. The summed E-state index contributed by atoms with van der Waals surface area (Å²) in [7, 11) is 1.67. The van der Waals surface area contributed by atoms with Gasteiger partial charge in [0.1, 0.15) is 10.4 Å². The van der Waals surface area contributed by atoms with Crippen molar-refractivity contribution in [3.63, 3.8) is 0 Å². The maximum Gasteiger partial charge on any atom is 0.161 e. The van der Waals surface area contributed by atoms with Crippen molar-refractivity contribution in [2.24, 2.45) is 0 Å². The van der Waals surface area contributed by atoms with Crippen molar-refractivity contribution in [3.8, 4) is 11.5 Å². The number of rotatable bonds is 6. The highest BCUT2D eigenvalue weighted by molar-refractivity contribution is 9.10. The van der Waals surface area contributed by atoms with Crippen LogP contribution >= 0.6 is 15.9 Å². The number of nitrogens with zero attached hydrogens (tertiary/aromatic N) is 2. The van der Waals surface area contributed by atoms with Crippen LogP contribution in [0.25, 0.3) is 0 Å². The zero-order valence-corrected chi connectivity index (χ0v) is 14.7. The molecule has 2 aromatic rings. The molecule has 1 heterocycles. The highest BCUT2D eigenvalue weighted by atomic mass is 79.9. The zero-order valence-electron chi connectivity index (χ0n) is 13.1. The van der Waals surface area contributed by atoms with Crippen LogP contribution in [-0.4, -0.2) is 23.2 Å². The van der Waals surface area contributed by atoms with E-state index in [-0.39, 0.29) is 0 Å². The van der Waals surface area contributed by atoms with E-state index in [2.05, 4.69) is 31.2 Å². The fourth-order valence-corrected chi connectivity index (χ4v) is 2.91. The molecule has 0 atom stereocenters. The fourth-order valence-electron chi connectivity index (χ4n) is 2.71. The minimum atomic E-state index is 0.310. The van der Waals surface area contributed by atoms with Crippen molar-refractivity contribution < 1.29 is 9.47 Å². The fraction of sp³-hybridized carbons (Fsp3) is 0.412. The van der Waals surface area contributed by atoms with Crippen LogP contribution < -0.4 is 14.8 Å². The largest absolute Gasteiger partial charge is 0.493 e. The van der Waals surface area contributed by atoms with Crippen LogP contribution in [0.5, 0.6) is 11.5 Å². The molecule has 23 heavy (non-hydrogen) atoms. The van der Waals surface area contributed by atoms with E-state index in [0.29, 0.717) is 12.6 Å². The van der Waals surface area contributed by atoms with E-state index >= 15 is 0 Å². The number of hydrogen-bond acceptors (Lipinski definition) is 5. The lowest BCUT2D eigenvalue weighted by molar-refractivity contribution is 0.200. The molecule has 3 rings (SSSR count). The van der Waals surface area contributed by atoms with Crippen molar-refractivity contribution in [1.29, 1.82) is 0 Å². The van der Waals surface area contributed by atoms with Gasteiger partial charge in [0.05, 0.1) is 25.6 Å². The van der Waals surface area contributed by atoms with E-state index in [1.807, 2.05) is 18.2 Å². The van der Waals surface area contributed by atoms with Gasteiger partial charge in [-0.3, -0.25) is 0 Å². The Morgan fingerprint density at radius 2 is 2.00 bits per heavy atom. The summed E-state index contributed by atoms with van der Waals surface area (Å²) in [5, 5.41) is 3.26. The second-order valence-corrected chi connectivity index (χ2v) is 6.40. The predicted molar refractivity (Wildman–Crippen MR) is 92.9 cm³/mol. The first-order valence-corrected chi connectivity index (χ1v) is 8.59. The summed E-state index contributed by atoms with van der Waals surface area (Å²) in [6, 6.07) is 6.02. The van der Waals surface area contributed by atoms with Crippen molar-refractivity contribution >= 4 is 21.7 Å². The van der Waals surface area contributed by atoms with E-state index in [1.165, 1.54) is 12.8 Å². The monoisotopic (exact) mass is 377 g/mol. The first kappa shape index (κ1) is 16.1. The molecule has 1 aromatic carbocycles. The summed E-state index contributed by atoms with van der Waals surface area (Å²) < 4.78 is 12.3. The Labute approximate surface area is 144 Å². The molecule has 0 bridgehead atoms. The molecule has 0 saturated heterocycles. The first-order valence-electron chi connectivity index (χ1n) is 7.79. The van der Waals surface area contributed by atoms with Crippen LogP contribution in [0.1, 0.15) is 31.2 Å². The van der Waals surface area contributed by atoms with Crippen LogP contribution in [0.4, 0.5) is 5.82 Å². The molecule has 122 valence electrons. The Kier molecular flexibility index (Phi) is 5.33. The van der Waals surface area contributed by atoms with Gasteiger partial charge < -0.3 is 14.8 Å². The molecular weight excluding hydrogens is 358 g/mol. The molecule has 0 spiro atoms. The molecule has 0 amide bonds.